The maximum absolute atomic E-state index is 13.6. The molecule has 0 atom stereocenters. The van der Waals surface area contributed by atoms with Gasteiger partial charge in [0.2, 0.25) is 5.91 Å². The van der Waals surface area contributed by atoms with E-state index in [9.17, 15) is 9.18 Å². The van der Waals surface area contributed by atoms with Crippen molar-refractivity contribution in [2.75, 3.05) is 5.32 Å². The molecule has 0 fully saturated rings. The Morgan fingerprint density at radius 3 is 2.45 bits per heavy atom. The average molecular weight is 292 g/mol. The molecule has 0 radical (unpaired) electrons. The molecule has 1 N–H and O–H groups in total. The summed E-state index contributed by atoms with van der Waals surface area (Å²) in [6, 6.07) is 13.4. The molecule has 2 rings (SSSR count). The molecule has 1 amide bonds. The van der Waals surface area contributed by atoms with Crippen molar-refractivity contribution in [3.63, 3.8) is 0 Å². The van der Waals surface area contributed by atoms with Gasteiger partial charge in [-0.05, 0) is 37.6 Å². The van der Waals surface area contributed by atoms with Crippen LogP contribution in [-0.2, 0) is 10.2 Å². The molecule has 104 valence electrons. The molecule has 0 saturated heterocycles. The predicted octanol–water partition coefficient (Wildman–Crippen LogP) is 4.40. The van der Waals surface area contributed by atoms with Gasteiger partial charge in [0.1, 0.15) is 5.82 Å². The Kier molecular flexibility index (Phi) is 4.09. The van der Waals surface area contributed by atoms with Crippen LogP contribution in [0.2, 0.25) is 5.02 Å². The summed E-state index contributed by atoms with van der Waals surface area (Å²) in [6.07, 6.45) is 0. The van der Waals surface area contributed by atoms with Crippen LogP contribution in [0.25, 0.3) is 0 Å². The minimum atomic E-state index is -0.768. The van der Waals surface area contributed by atoms with Crippen LogP contribution in [0.1, 0.15) is 19.4 Å². The Hall–Kier alpha value is -1.87. The van der Waals surface area contributed by atoms with E-state index in [1.807, 2.05) is 30.3 Å². The fourth-order valence-electron chi connectivity index (χ4n) is 1.86. The lowest BCUT2D eigenvalue weighted by atomic mass is 9.83. The zero-order valence-electron chi connectivity index (χ0n) is 11.3. The van der Waals surface area contributed by atoms with Gasteiger partial charge >= 0.3 is 0 Å². The highest BCUT2D eigenvalue weighted by Crippen LogP contribution is 2.26. The summed E-state index contributed by atoms with van der Waals surface area (Å²) >= 11 is 5.81. The third kappa shape index (κ3) is 2.99. The van der Waals surface area contributed by atoms with Crippen molar-refractivity contribution in [1.82, 2.24) is 0 Å². The molecule has 0 aliphatic rings. The number of rotatable bonds is 3. The molecular formula is C16H15ClFNO. The summed E-state index contributed by atoms with van der Waals surface area (Å²) in [5.41, 5.74) is 0.183. The minimum Gasteiger partial charge on any atom is -0.323 e. The Bertz CT molecular complexity index is 626. The number of benzene rings is 2. The van der Waals surface area contributed by atoms with Gasteiger partial charge in [-0.15, -0.1) is 0 Å². The Labute approximate surface area is 122 Å². The smallest absolute Gasteiger partial charge is 0.234 e. The van der Waals surface area contributed by atoms with E-state index < -0.39 is 11.2 Å². The van der Waals surface area contributed by atoms with Crippen molar-refractivity contribution in [2.45, 2.75) is 19.3 Å². The average Bonchev–Trinajstić information content (AvgIpc) is 2.43. The van der Waals surface area contributed by atoms with E-state index in [-0.39, 0.29) is 11.6 Å². The largest absolute Gasteiger partial charge is 0.323 e. The van der Waals surface area contributed by atoms with Gasteiger partial charge < -0.3 is 5.32 Å². The second-order valence-electron chi connectivity index (χ2n) is 5.07. The lowest BCUT2D eigenvalue weighted by Gasteiger charge is -2.24. The normalized spacial score (nSPS) is 11.2. The molecule has 0 aromatic heterocycles. The van der Waals surface area contributed by atoms with Gasteiger partial charge in [0.15, 0.2) is 0 Å². The van der Waals surface area contributed by atoms with Crippen molar-refractivity contribution in [2.24, 2.45) is 0 Å². The topological polar surface area (TPSA) is 29.1 Å². The monoisotopic (exact) mass is 291 g/mol. The molecule has 20 heavy (non-hydrogen) atoms. The summed E-state index contributed by atoms with van der Waals surface area (Å²) in [5.74, 6) is -0.795. The lowest BCUT2D eigenvalue weighted by Crippen LogP contribution is -2.34. The standard InChI is InChI=1S/C16H15ClFNO/c1-16(2,11-6-4-3-5-7-11)15(20)19-14-10-12(17)8-9-13(14)18/h3-10H,1-2H3,(H,19,20). The maximum Gasteiger partial charge on any atom is 0.234 e. The van der Waals surface area contributed by atoms with Gasteiger partial charge in [0.25, 0.3) is 0 Å². The molecule has 0 saturated carbocycles. The van der Waals surface area contributed by atoms with Gasteiger partial charge in [-0.25, -0.2) is 4.39 Å². The summed E-state index contributed by atoms with van der Waals surface area (Å²) in [4.78, 5) is 12.4. The van der Waals surface area contributed by atoms with Crippen LogP contribution in [0.5, 0.6) is 0 Å². The first-order valence-electron chi connectivity index (χ1n) is 6.23. The van der Waals surface area contributed by atoms with Crippen LogP contribution in [0.3, 0.4) is 0 Å². The Morgan fingerprint density at radius 1 is 1.15 bits per heavy atom. The van der Waals surface area contributed by atoms with Gasteiger partial charge in [-0.2, -0.15) is 0 Å². The second kappa shape index (κ2) is 5.63. The van der Waals surface area contributed by atoms with E-state index in [2.05, 4.69) is 5.32 Å². The molecule has 0 aliphatic carbocycles. The van der Waals surface area contributed by atoms with Crippen LogP contribution < -0.4 is 5.32 Å². The van der Waals surface area contributed by atoms with E-state index >= 15 is 0 Å². The molecular weight excluding hydrogens is 277 g/mol. The van der Waals surface area contributed by atoms with Crippen molar-refractivity contribution in [3.05, 3.63) is 64.9 Å². The fraction of sp³-hybridized carbons (Fsp3) is 0.188. The predicted molar refractivity (Wildman–Crippen MR) is 79.5 cm³/mol. The number of halogens is 2. The van der Waals surface area contributed by atoms with Crippen LogP contribution >= 0.6 is 11.6 Å². The quantitative estimate of drug-likeness (QED) is 0.892. The van der Waals surface area contributed by atoms with E-state index in [1.54, 1.807) is 13.8 Å². The number of hydrogen-bond acceptors (Lipinski definition) is 1. The number of anilines is 1. The first kappa shape index (κ1) is 14.5. The summed E-state index contributed by atoms with van der Waals surface area (Å²) in [6.45, 7) is 3.58. The molecule has 4 heteroatoms. The van der Waals surface area contributed by atoms with Gasteiger partial charge in [0.05, 0.1) is 11.1 Å². The summed E-state index contributed by atoms with van der Waals surface area (Å²) in [7, 11) is 0. The van der Waals surface area contributed by atoms with E-state index in [1.165, 1.54) is 18.2 Å². The number of carbonyl (C=O) groups is 1. The molecule has 2 aromatic rings. The third-order valence-corrected chi connectivity index (χ3v) is 3.47. The number of carbonyl (C=O) groups excluding carboxylic acids is 1. The fourth-order valence-corrected chi connectivity index (χ4v) is 2.03. The van der Waals surface area contributed by atoms with E-state index in [0.29, 0.717) is 5.02 Å². The molecule has 0 spiro atoms. The van der Waals surface area contributed by atoms with Crippen LogP contribution in [-0.4, -0.2) is 5.91 Å². The van der Waals surface area contributed by atoms with Crippen molar-refractivity contribution in [1.29, 1.82) is 0 Å². The second-order valence-corrected chi connectivity index (χ2v) is 5.51. The van der Waals surface area contributed by atoms with Crippen molar-refractivity contribution < 1.29 is 9.18 Å². The zero-order valence-corrected chi connectivity index (χ0v) is 12.0. The van der Waals surface area contributed by atoms with Crippen LogP contribution in [0, 0.1) is 5.82 Å². The summed E-state index contributed by atoms with van der Waals surface area (Å²) in [5, 5.41) is 2.97. The molecule has 0 unspecified atom stereocenters. The Balaban J connectivity index is 2.26. The molecule has 0 heterocycles. The molecule has 0 bridgehead atoms. The Morgan fingerprint density at radius 2 is 1.80 bits per heavy atom. The number of hydrogen-bond donors (Lipinski definition) is 1. The highest BCUT2D eigenvalue weighted by atomic mass is 35.5. The SMILES string of the molecule is CC(C)(C(=O)Nc1cc(Cl)ccc1F)c1ccccc1. The van der Waals surface area contributed by atoms with Crippen LogP contribution in [0.15, 0.2) is 48.5 Å². The zero-order chi connectivity index (χ0) is 14.8. The minimum absolute atomic E-state index is 0.0894. The number of nitrogens with one attached hydrogen (secondary N) is 1. The van der Waals surface area contributed by atoms with Crippen molar-refractivity contribution >= 4 is 23.2 Å². The first-order chi connectivity index (χ1) is 9.41. The molecule has 2 nitrogen and oxygen atoms in total. The highest BCUT2D eigenvalue weighted by molar-refractivity contribution is 6.30. The lowest BCUT2D eigenvalue weighted by molar-refractivity contribution is -0.120. The van der Waals surface area contributed by atoms with E-state index in [0.717, 1.165) is 5.56 Å². The van der Waals surface area contributed by atoms with Gasteiger partial charge in [0, 0.05) is 5.02 Å². The first-order valence-corrected chi connectivity index (χ1v) is 6.61. The van der Waals surface area contributed by atoms with Crippen molar-refractivity contribution in [3.8, 4) is 0 Å². The van der Waals surface area contributed by atoms with Gasteiger partial charge in [-0.1, -0.05) is 41.9 Å². The van der Waals surface area contributed by atoms with E-state index in [4.69, 9.17) is 11.6 Å². The maximum atomic E-state index is 13.6. The third-order valence-electron chi connectivity index (χ3n) is 3.24. The molecule has 0 aliphatic heterocycles. The molecule has 2 aromatic carbocycles. The van der Waals surface area contributed by atoms with Gasteiger partial charge in [-0.3, -0.25) is 4.79 Å². The van der Waals surface area contributed by atoms with Crippen LogP contribution in [0.4, 0.5) is 10.1 Å². The summed E-state index contributed by atoms with van der Waals surface area (Å²) < 4.78 is 13.6. The highest BCUT2D eigenvalue weighted by Gasteiger charge is 2.30. The number of amides is 1.